The van der Waals surface area contributed by atoms with Crippen LogP contribution < -0.4 is 9.47 Å². The molecule has 170 valence electrons. The van der Waals surface area contributed by atoms with Gasteiger partial charge < -0.3 is 9.47 Å². The maximum atomic E-state index is 11.3. The molecule has 2 atom stereocenters. The molecule has 5 rings (SSSR count). The standard InChI is InChI=1S/C31H28O3/c1-22(32)34-27-15-12-25(13-16-27)31-29(24-10-6-3-7-11-24)18-14-26-20-28(17-19-30(26)31)33-21-23-8-4-2-5-9-23/h2-13,15-17,19-20,29,31H,14,18,21H2,1H3. The number of aryl methyl sites for hydroxylation is 1. The number of fused-ring (bicyclic) bond motifs is 1. The Morgan fingerprint density at radius 2 is 1.47 bits per heavy atom. The molecule has 0 fully saturated rings. The van der Waals surface area contributed by atoms with Gasteiger partial charge in [0.2, 0.25) is 0 Å². The molecule has 1 aliphatic carbocycles. The van der Waals surface area contributed by atoms with E-state index in [9.17, 15) is 4.79 Å². The topological polar surface area (TPSA) is 35.5 Å². The lowest BCUT2D eigenvalue weighted by Crippen LogP contribution is -2.20. The summed E-state index contributed by atoms with van der Waals surface area (Å²) >= 11 is 0. The predicted octanol–water partition coefficient (Wildman–Crippen LogP) is 7.05. The van der Waals surface area contributed by atoms with Gasteiger partial charge in [-0.3, -0.25) is 4.79 Å². The van der Waals surface area contributed by atoms with Crippen LogP contribution in [0.25, 0.3) is 0 Å². The van der Waals surface area contributed by atoms with Crippen LogP contribution >= 0.6 is 0 Å². The van der Waals surface area contributed by atoms with Gasteiger partial charge in [-0.2, -0.15) is 0 Å². The Kier molecular flexibility index (Phi) is 6.44. The van der Waals surface area contributed by atoms with Crippen molar-refractivity contribution in [3.8, 4) is 11.5 Å². The zero-order valence-corrected chi connectivity index (χ0v) is 19.3. The molecule has 3 nitrogen and oxygen atoms in total. The summed E-state index contributed by atoms with van der Waals surface area (Å²) < 4.78 is 11.4. The van der Waals surface area contributed by atoms with E-state index < -0.39 is 0 Å². The lowest BCUT2D eigenvalue weighted by Gasteiger charge is -2.35. The van der Waals surface area contributed by atoms with Crippen LogP contribution in [0.5, 0.6) is 11.5 Å². The molecule has 0 amide bonds. The Hall–Kier alpha value is -3.85. The van der Waals surface area contributed by atoms with Crippen LogP contribution in [-0.4, -0.2) is 5.97 Å². The Morgan fingerprint density at radius 1 is 0.794 bits per heavy atom. The summed E-state index contributed by atoms with van der Waals surface area (Å²) in [5, 5.41) is 0. The highest BCUT2D eigenvalue weighted by Gasteiger charge is 2.32. The Balaban J connectivity index is 1.46. The highest BCUT2D eigenvalue weighted by Crippen LogP contribution is 2.47. The molecule has 4 aromatic rings. The molecular formula is C31H28O3. The number of hydrogen-bond acceptors (Lipinski definition) is 3. The minimum Gasteiger partial charge on any atom is -0.489 e. The van der Waals surface area contributed by atoms with Crippen LogP contribution in [0.3, 0.4) is 0 Å². The summed E-state index contributed by atoms with van der Waals surface area (Å²) in [6, 6.07) is 35.5. The first-order valence-corrected chi connectivity index (χ1v) is 11.8. The lowest BCUT2D eigenvalue weighted by molar-refractivity contribution is -0.131. The van der Waals surface area contributed by atoms with Crippen molar-refractivity contribution in [3.05, 3.63) is 131 Å². The second-order valence-electron chi connectivity index (χ2n) is 8.83. The Morgan fingerprint density at radius 3 is 2.18 bits per heavy atom. The number of carbonyl (C=O) groups is 1. The third kappa shape index (κ3) is 4.89. The van der Waals surface area contributed by atoms with Crippen molar-refractivity contribution in [1.29, 1.82) is 0 Å². The van der Waals surface area contributed by atoms with Gasteiger partial charge in [-0.15, -0.1) is 0 Å². The van der Waals surface area contributed by atoms with Gasteiger partial charge in [0, 0.05) is 12.8 Å². The van der Waals surface area contributed by atoms with E-state index in [1.807, 2.05) is 30.3 Å². The molecule has 4 aromatic carbocycles. The first kappa shape index (κ1) is 22.0. The molecule has 1 aliphatic rings. The molecule has 0 saturated heterocycles. The Bertz CT molecular complexity index is 1250. The highest BCUT2D eigenvalue weighted by atomic mass is 16.5. The van der Waals surface area contributed by atoms with E-state index in [0.717, 1.165) is 24.2 Å². The van der Waals surface area contributed by atoms with Gasteiger partial charge >= 0.3 is 5.97 Å². The maximum absolute atomic E-state index is 11.3. The molecule has 0 spiro atoms. The number of carbonyl (C=O) groups excluding carboxylic acids is 1. The summed E-state index contributed by atoms with van der Waals surface area (Å²) in [6.45, 7) is 1.99. The van der Waals surface area contributed by atoms with Crippen molar-refractivity contribution >= 4 is 5.97 Å². The summed E-state index contributed by atoms with van der Waals surface area (Å²) in [5.74, 6) is 1.78. The van der Waals surface area contributed by atoms with E-state index in [-0.39, 0.29) is 11.9 Å². The van der Waals surface area contributed by atoms with Gasteiger partial charge in [-0.1, -0.05) is 78.9 Å². The minimum atomic E-state index is -0.305. The van der Waals surface area contributed by atoms with E-state index >= 15 is 0 Å². The van der Waals surface area contributed by atoms with Crippen LogP contribution in [0.2, 0.25) is 0 Å². The average Bonchev–Trinajstić information content (AvgIpc) is 2.88. The van der Waals surface area contributed by atoms with E-state index in [4.69, 9.17) is 9.47 Å². The fraction of sp³-hybridized carbons (Fsp3) is 0.194. The van der Waals surface area contributed by atoms with Crippen molar-refractivity contribution in [2.24, 2.45) is 0 Å². The molecule has 3 heteroatoms. The van der Waals surface area contributed by atoms with Crippen molar-refractivity contribution in [2.45, 2.75) is 38.2 Å². The number of hydrogen-bond donors (Lipinski definition) is 0. The minimum absolute atomic E-state index is 0.223. The van der Waals surface area contributed by atoms with Crippen molar-refractivity contribution < 1.29 is 14.3 Å². The summed E-state index contributed by atoms with van der Waals surface area (Å²) in [4.78, 5) is 11.3. The largest absolute Gasteiger partial charge is 0.489 e. The molecular weight excluding hydrogens is 420 g/mol. The van der Waals surface area contributed by atoms with Gasteiger partial charge in [-0.05, 0) is 70.8 Å². The smallest absolute Gasteiger partial charge is 0.308 e. The Labute approximate surface area is 201 Å². The van der Waals surface area contributed by atoms with Crippen molar-refractivity contribution in [3.63, 3.8) is 0 Å². The second-order valence-corrected chi connectivity index (χ2v) is 8.83. The predicted molar refractivity (Wildman–Crippen MR) is 134 cm³/mol. The molecule has 0 saturated carbocycles. The molecule has 0 bridgehead atoms. The van der Waals surface area contributed by atoms with Gasteiger partial charge in [0.1, 0.15) is 18.1 Å². The van der Waals surface area contributed by atoms with Crippen molar-refractivity contribution in [1.82, 2.24) is 0 Å². The van der Waals surface area contributed by atoms with Crippen LogP contribution in [0, 0.1) is 0 Å². The summed E-state index contributed by atoms with van der Waals surface area (Å²) in [7, 11) is 0. The van der Waals surface area contributed by atoms with Gasteiger partial charge in [0.05, 0.1) is 0 Å². The number of esters is 1. The van der Waals surface area contributed by atoms with Crippen LogP contribution in [-0.2, 0) is 17.8 Å². The maximum Gasteiger partial charge on any atom is 0.308 e. The normalized spacial score (nSPS) is 17.0. The highest BCUT2D eigenvalue weighted by molar-refractivity contribution is 5.69. The second kappa shape index (κ2) is 9.96. The van der Waals surface area contributed by atoms with Gasteiger partial charge in [0.15, 0.2) is 0 Å². The van der Waals surface area contributed by atoms with Crippen LogP contribution in [0.15, 0.2) is 103 Å². The molecule has 0 N–H and O–H groups in total. The molecule has 0 aromatic heterocycles. The van der Waals surface area contributed by atoms with Crippen LogP contribution in [0.1, 0.15) is 53.0 Å². The van der Waals surface area contributed by atoms with Gasteiger partial charge in [-0.25, -0.2) is 0 Å². The number of benzene rings is 4. The monoisotopic (exact) mass is 448 g/mol. The first-order chi connectivity index (χ1) is 16.7. The van der Waals surface area contributed by atoms with E-state index in [1.165, 1.54) is 29.2 Å². The number of ether oxygens (including phenoxy) is 2. The van der Waals surface area contributed by atoms with Crippen molar-refractivity contribution in [2.75, 3.05) is 0 Å². The average molecular weight is 449 g/mol. The third-order valence-corrected chi connectivity index (χ3v) is 6.55. The fourth-order valence-corrected chi connectivity index (χ4v) is 5.01. The lowest BCUT2D eigenvalue weighted by atomic mass is 9.69. The zero-order valence-electron chi connectivity index (χ0n) is 19.3. The third-order valence-electron chi connectivity index (χ3n) is 6.55. The van der Waals surface area contributed by atoms with Crippen LogP contribution in [0.4, 0.5) is 0 Å². The quantitative estimate of drug-likeness (QED) is 0.234. The number of rotatable bonds is 6. The molecule has 0 aliphatic heterocycles. The van der Waals surface area contributed by atoms with E-state index in [1.54, 1.807) is 0 Å². The SMILES string of the molecule is CC(=O)Oc1ccc(C2c3ccc(OCc4ccccc4)cc3CCC2c2ccccc2)cc1. The molecule has 0 radical (unpaired) electrons. The molecule has 2 unspecified atom stereocenters. The fourth-order valence-electron chi connectivity index (χ4n) is 5.01. The van der Waals surface area contributed by atoms with Gasteiger partial charge in [0.25, 0.3) is 0 Å². The van der Waals surface area contributed by atoms with E-state index in [0.29, 0.717) is 18.3 Å². The summed E-state index contributed by atoms with van der Waals surface area (Å²) in [5.41, 5.74) is 6.42. The zero-order chi connectivity index (χ0) is 23.3. The molecule has 0 heterocycles. The van der Waals surface area contributed by atoms with E-state index in [2.05, 4.69) is 72.8 Å². The summed E-state index contributed by atoms with van der Waals surface area (Å²) in [6.07, 6.45) is 2.08. The first-order valence-electron chi connectivity index (χ1n) is 11.8. The molecule has 34 heavy (non-hydrogen) atoms.